The molecule has 1 atom stereocenters. The summed E-state index contributed by atoms with van der Waals surface area (Å²) in [6.45, 7) is 3.52. The van der Waals surface area contributed by atoms with Crippen LogP contribution < -0.4 is 0 Å². The molecular formula is C11H14O5S. The van der Waals surface area contributed by atoms with Crippen LogP contribution in [0.25, 0.3) is 0 Å². The van der Waals surface area contributed by atoms with Crippen LogP contribution >= 0.6 is 0 Å². The van der Waals surface area contributed by atoms with Crippen molar-refractivity contribution in [2.75, 3.05) is 6.26 Å². The molecule has 2 rings (SSSR count). The van der Waals surface area contributed by atoms with Gasteiger partial charge >= 0.3 is 5.97 Å². The van der Waals surface area contributed by atoms with E-state index in [9.17, 15) is 13.2 Å². The largest absolute Gasteiger partial charge is 0.426 e. The maximum Gasteiger partial charge on any atom is 0.321 e. The standard InChI is InChI=1S/C11H14O5S/c1-11(2)8-6-7(16-17(3,13)14)4-5-9(8)15-10(11)12/h4-5,7H,6H2,1-3H3. The minimum absolute atomic E-state index is 0.313. The fraction of sp³-hybridized carbons (Fsp3) is 0.545. The first kappa shape index (κ1) is 12.3. The molecule has 1 aliphatic carbocycles. The predicted molar refractivity (Wildman–Crippen MR) is 60.4 cm³/mol. The zero-order chi connectivity index (χ0) is 12.8. The van der Waals surface area contributed by atoms with Crippen molar-refractivity contribution in [3.8, 4) is 0 Å². The number of hydrogen-bond acceptors (Lipinski definition) is 5. The van der Waals surface area contributed by atoms with Crippen LogP contribution in [0.1, 0.15) is 20.3 Å². The summed E-state index contributed by atoms with van der Waals surface area (Å²) in [6, 6.07) is 0. The Morgan fingerprint density at radius 2 is 2.12 bits per heavy atom. The molecule has 0 saturated carbocycles. The zero-order valence-electron chi connectivity index (χ0n) is 9.89. The van der Waals surface area contributed by atoms with E-state index in [2.05, 4.69) is 0 Å². The van der Waals surface area contributed by atoms with E-state index < -0.39 is 21.6 Å². The van der Waals surface area contributed by atoms with Crippen molar-refractivity contribution < 1.29 is 22.1 Å². The Hall–Kier alpha value is -1.14. The molecule has 0 spiro atoms. The van der Waals surface area contributed by atoms with Gasteiger partial charge in [0.05, 0.1) is 17.8 Å². The Morgan fingerprint density at radius 3 is 2.71 bits per heavy atom. The van der Waals surface area contributed by atoms with Crippen molar-refractivity contribution in [2.24, 2.45) is 5.41 Å². The van der Waals surface area contributed by atoms with Crippen LogP contribution in [0.4, 0.5) is 0 Å². The SMILES string of the molecule is CC1(C)C(=O)OC2=C1CC(OS(C)(=O)=O)C=C2. The van der Waals surface area contributed by atoms with E-state index in [1.54, 1.807) is 26.0 Å². The van der Waals surface area contributed by atoms with Crippen molar-refractivity contribution in [2.45, 2.75) is 26.4 Å². The van der Waals surface area contributed by atoms with Gasteiger partial charge in [0, 0.05) is 6.42 Å². The summed E-state index contributed by atoms with van der Waals surface area (Å²) in [5, 5.41) is 0. The molecule has 6 heteroatoms. The van der Waals surface area contributed by atoms with Crippen molar-refractivity contribution >= 4 is 16.1 Å². The van der Waals surface area contributed by atoms with E-state index in [1.807, 2.05) is 0 Å². The summed E-state index contributed by atoms with van der Waals surface area (Å²) in [5.74, 6) is 0.209. The highest BCUT2D eigenvalue weighted by Crippen LogP contribution is 2.43. The average molecular weight is 258 g/mol. The maximum atomic E-state index is 11.6. The highest BCUT2D eigenvalue weighted by molar-refractivity contribution is 7.86. The molecule has 1 unspecified atom stereocenters. The van der Waals surface area contributed by atoms with Gasteiger partial charge < -0.3 is 4.74 Å². The summed E-state index contributed by atoms with van der Waals surface area (Å²) in [5.41, 5.74) is 0.0813. The number of carbonyl (C=O) groups is 1. The lowest BCUT2D eigenvalue weighted by molar-refractivity contribution is -0.143. The highest BCUT2D eigenvalue weighted by atomic mass is 32.2. The Balaban J connectivity index is 2.22. The van der Waals surface area contributed by atoms with Crippen LogP contribution in [0.3, 0.4) is 0 Å². The Labute approximate surface area is 100 Å². The van der Waals surface area contributed by atoms with Gasteiger partial charge in [-0.2, -0.15) is 8.42 Å². The van der Waals surface area contributed by atoms with Crippen LogP contribution in [0.15, 0.2) is 23.5 Å². The quantitative estimate of drug-likeness (QED) is 0.548. The van der Waals surface area contributed by atoms with Crippen LogP contribution in [0, 0.1) is 5.41 Å². The van der Waals surface area contributed by atoms with E-state index >= 15 is 0 Å². The highest BCUT2D eigenvalue weighted by Gasteiger charge is 2.44. The molecule has 0 amide bonds. The molecule has 0 bridgehead atoms. The van der Waals surface area contributed by atoms with Gasteiger partial charge in [-0.3, -0.25) is 8.98 Å². The summed E-state index contributed by atoms with van der Waals surface area (Å²) in [6.07, 6.45) is 4.00. The smallest absolute Gasteiger partial charge is 0.321 e. The molecule has 0 aromatic heterocycles. The maximum absolute atomic E-state index is 11.6. The molecule has 2 aliphatic rings. The van der Waals surface area contributed by atoms with Crippen LogP contribution in [-0.2, 0) is 23.8 Å². The molecular weight excluding hydrogens is 244 g/mol. The van der Waals surface area contributed by atoms with Crippen molar-refractivity contribution in [1.29, 1.82) is 0 Å². The molecule has 0 radical (unpaired) electrons. The van der Waals surface area contributed by atoms with E-state index in [1.165, 1.54) is 0 Å². The van der Waals surface area contributed by atoms with Crippen molar-refractivity contribution in [1.82, 2.24) is 0 Å². The molecule has 1 aliphatic heterocycles. The van der Waals surface area contributed by atoms with E-state index in [0.29, 0.717) is 12.2 Å². The van der Waals surface area contributed by atoms with Crippen LogP contribution in [0.2, 0.25) is 0 Å². The molecule has 0 aromatic carbocycles. The Morgan fingerprint density at radius 1 is 1.47 bits per heavy atom. The molecule has 1 heterocycles. The summed E-state index contributed by atoms with van der Waals surface area (Å²) in [7, 11) is -3.50. The van der Waals surface area contributed by atoms with Crippen LogP contribution in [-0.4, -0.2) is 26.7 Å². The monoisotopic (exact) mass is 258 g/mol. The van der Waals surface area contributed by atoms with E-state index in [4.69, 9.17) is 8.92 Å². The van der Waals surface area contributed by atoms with Crippen molar-refractivity contribution in [3.05, 3.63) is 23.5 Å². The van der Waals surface area contributed by atoms with Gasteiger partial charge in [0.25, 0.3) is 10.1 Å². The molecule has 0 N–H and O–H groups in total. The van der Waals surface area contributed by atoms with Gasteiger partial charge in [-0.25, -0.2) is 0 Å². The van der Waals surface area contributed by atoms with Gasteiger partial charge in [-0.15, -0.1) is 0 Å². The molecule has 5 nitrogen and oxygen atoms in total. The van der Waals surface area contributed by atoms with Crippen LogP contribution in [0.5, 0.6) is 0 Å². The first-order valence-electron chi connectivity index (χ1n) is 5.22. The second-order valence-electron chi connectivity index (χ2n) is 4.76. The van der Waals surface area contributed by atoms with Gasteiger partial charge in [-0.05, 0) is 25.5 Å². The topological polar surface area (TPSA) is 69.7 Å². The third-order valence-electron chi connectivity index (χ3n) is 2.93. The molecule has 17 heavy (non-hydrogen) atoms. The lowest BCUT2D eigenvalue weighted by Gasteiger charge is -2.22. The Bertz CT molecular complexity index is 524. The number of allylic oxidation sites excluding steroid dienone is 1. The minimum Gasteiger partial charge on any atom is -0.426 e. The summed E-state index contributed by atoms with van der Waals surface area (Å²) in [4.78, 5) is 11.6. The summed E-state index contributed by atoms with van der Waals surface area (Å²) < 4.78 is 32.1. The molecule has 0 aromatic rings. The molecule has 0 saturated heterocycles. The van der Waals surface area contributed by atoms with Gasteiger partial charge in [0.1, 0.15) is 5.76 Å². The second-order valence-corrected chi connectivity index (χ2v) is 6.36. The first-order valence-corrected chi connectivity index (χ1v) is 7.04. The number of hydrogen-bond donors (Lipinski definition) is 0. The summed E-state index contributed by atoms with van der Waals surface area (Å²) >= 11 is 0. The van der Waals surface area contributed by atoms with E-state index in [0.717, 1.165) is 11.8 Å². The predicted octanol–water partition coefficient (Wildman–Crippen LogP) is 1.13. The Kier molecular flexibility index (Phi) is 2.67. The average Bonchev–Trinajstić information content (AvgIpc) is 2.37. The first-order chi connectivity index (χ1) is 7.70. The molecule has 0 fully saturated rings. The fourth-order valence-electron chi connectivity index (χ4n) is 1.97. The lowest BCUT2D eigenvalue weighted by atomic mass is 9.81. The fourth-order valence-corrected chi connectivity index (χ4v) is 2.55. The number of ether oxygens (including phenoxy) is 1. The van der Waals surface area contributed by atoms with Gasteiger partial charge in [0.2, 0.25) is 0 Å². The van der Waals surface area contributed by atoms with E-state index in [-0.39, 0.29) is 5.97 Å². The third kappa shape index (κ3) is 2.28. The second kappa shape index (κ2) is 3.68. The number of esters is 1. The lowest BCUT2D eigenvalue weighted by Crippen LogP contribution is -2.26. The third-order valence-corrected chi connectivity index (χ3v) is 3.53. The minimum atomic E-state index is -3.50. The zero-order valence-corrected chi connectivity index (χ0v) is 10.7. The number of carbonyl (C=O) groups excluding carboxylic acids is 1. The van der Waals surface area contributed by atoms with Crippen molar-refractivity contribution in [3.63, 3.8) is 0 Å². The molecule has 94 valence electrons. The van der Waals surface area contributed by atoms with Gasteiger partial charge in [-0.1, -0.05) is 6.08 Å². The number of rotatable bonds is 2. The van der Waals surface area contributed by atoms with Gasteiger partial charge in [0.15, 0.2) is 0 Å². The normalized spacial score (nSPS) is 27.0.